The number of aryl methyl sites for hydroxylation is 1. The van der Waals surface area contributed by atoms with Crippen LogP contribution in [0.25, 0.3) is 5.82 Å². The molecule has 0 fully saturated rings. The Morgan fingerprint density at radius 3 is 2.53 bits per heavy atom. The van der Waals surface area contributed by atoms with Gasteiger partial charge >= 0.3 is 0 Å². The molecule has 2 aromatic heterocycles. The number of aromatic nitrogens is 4. The predicted octanol–water partition coefficient (Wildman–Crippen LogP) is 2.83. The van der Waals surface area contributed by atoms with Crippen molar-refractivity contribution >= 4 is 5.82 Å². The topological polar surface area (TPSA) is 55.6 Å². The highest BCUT2D eigenvalue weighted by atomic mass is 15.3. The molecule has 2 rings (SSSR count). The monoisotopic (exact) mass is 259 g/mol. The zero-order chi connectivity index (χ0) is 14.0. The van der Waals surface area contributed by atoms with Gasteiger partial charge in [0.15, 0.2) is 5.82 Å². The first kappa shape index (κ1) is 13.5. The molecule has 0 aromatic carbocycles. The Labute approximate surface area is 114 Å². The Hall–Kier alpha value is -1.91. The van der Waals surface area contributed by atoms with E-state index in [1.54, 1.807) is 0 Å². The first-order valence-electron chi connectivity index (χ1n) is 6.67. The summed E-state index contributed by atoms with van der Waals surface area (Å²) in [5, 5.41) is 7.64. The van der Waals surface area contributed by atoms with Crippen LogP contribution < -0.4 is 5.32 Å². The molecule has 0 saturated heterocycles. The van der Waals surface area contributed by atoms with Crippen molar-refractivity contribution in [1.29, 1.82) is 0 Å². The van der Waals surface area contributed by atoms with Crippen LogP contribution >= 0.6 is 0 Å². The summed E-state index contributed by atoms with van der Waals surface area (Å²) in [6, 6.07) is 0. The second-order valence-electron chi connectivity index (χ2n) is 5.03. The molecule has 0 unspecified atom stereocenters. The van der Waals surface area contributed by atoms with Crippen LogP contribution in [0, 0.1) is 13.8 Å². The third kappa shape index (κ3) is 2.75. The largest absolute Gasteiger partial charge is 0.370 e. The third-order valence-corrected chi connectivity index (χ3v) is 2.93. The van der Waals surface area contributed by atoms with Gasteiger partial charge in [-0.05, 0) is 26.3 Å². The van der Waals surface area contributed by atoms with Gasteiger partial charge in [0, 0.05) is 24.2 Å². The lowest BCUT2D eigenvalue weighted by Crippen LogP contribution is -2.12. The molecule has 102 valence electrons. The summed E-state index contributed by atoms with van der Waals surface area (Å²) in [6.45, 7) is 11.1. The van der Waals surface area contributed by atoms with Crippen LogP contribution in [0.3, 0.4) is 0 Å². The number of nitrogens with zero attached hydrogens (tertiary/aromatic N) is 4. The molecule has 1 N–H and O–H groups in total. The second kappa shape index (κ2) is 5.38. The summed E-state index contributed by atoms with van der Waals surface area (Å²) < 4.78 is 1.82. The van der Waals surface area contributed by atoms with Gasteiger partial charge in [0.1, 0.15) is 11.6 Å². The summed E-state index contributed by atoms with van der Waals surface area (Å²) in [4.78, 5) is 9.24. The van der Waals surface area contributed by atoms with Gasteiger partial charge < -0.3 is 5.32 Å². The molecule has 2 aromatic rings. The van der Waals surface area contributed by atoms with Crippen molar-refractivity contribution in [2.75, 3.05) is 11.9 Å². The van der Waals surface area contributed by atoms with Crippen molar-refractivity contribution in [2.24, 2.45) is 0 Å². The molecule has 0 aliphatic rings. The number of hydrogen-bond donors (Lipinski definition) is 1. The maximum Gasteiger partial charge on any atom is 0.162 e. The van der Waals surface area contributed by atoms with E-state index in [1.165, 1.54) is 0 Å². The molecule has 0 aliphatic heterocycles. The first-order valence-corrected chi connectivity index (χ1v) is 6.67. The summed E-state index contributed by atoms with van der Waals surface area (Å²) >= 11 is 0. The highest BCUT2D eigenvalue weighted by molar-refractivity contribution is 5.51. The Morgan fingerprint density at radius 2 is 2.00 bits per heavy atom. The Morgan fingerprint density at radius 1 is 1.26 bits per heavy atom. The molecule has 19 heavy (non-hydrogen) atoms. The van der Waals surface area contributed by atoms with E-state index in [-0.39, 0.29) is 5.92 Å². The van der Waals surface area contributed by atoms with Crippen LogP contribution in [0.5, 0.6) is 0 Å². The van der Waals surface area contributed by atoms with Crippen molar-refractivity contribution in [3.63, 3.8) is 0 Å². The zero-order valence-electron chi connectivity index (χ0n) is 12.2. The maximum atomic E-state index is 4.65. The van der Waals surface area contributed by atoms with Crippen LogP contribution in [0.4, 0.5) is 5.82 Å². The van der Waals surface area contributed by atoms with Gasteiger partial charge in [0.2, 0.25) is 0 Å². The second-order valence-corrected chi connectivity index (χ2v) is 5.03. The van der Waals surface area contributed by atoms with Crippen molar-refractivity contribution in [1.82, 2.24) is 19.7 Å². The standard InChI is InChI=1S/C14H21N5/c1-6-15-13-11(5)14(18-12(17-13)9(2)3)19-8-10(4)7-16-19/h7-9H,6H2,1-5H3,(H,15,17,18). The van der Waals surface area contributed by atoms with Gasteiger partial charge in [-0.15, -0.1) is 0 Å². The van der Waals surface area contributed by atoms with Crippen molar-refractivity contribution in [3.05, 3.63) is 29.3 Å². The zero-order valence-corrected chi connectivity index (χ0v) is 12.2. The number of anilines is 1. The van der Waals surface area contributed by atoms with Crippen molar-refractivity contribution < 1.29 is 0 Å². The number of rotatable bonds is 4. The van der Waals surface area contributed by atoms with Crippen LogP contribution in [0.2, 0.25) is 0 Å². The molecular weight excluding hydrogens is 238 g/mol. The van der Waals surface area contributed by atoms with Crippen LogP contribution in [-0.4, -0.2) is 26.3 Å². The normalized spacial score (nSPS) is 11.1. The maximum absolute atomic E-state index is 4.65. The summed E-state index contributed by atoms with van der Waals surface area (Å²) in [6.07, 6.45) is 3.82. The summed E-state index contributed by atoms with van der Waals surface area (Å²) in [7, 11) is 0. The Balaban J connectivity index is 2.58. The van der Waals surface area contributed by atoms with Gasteiger partial charge in [0.05, 0.1) is 6.20 Å². The molecule has 0 atom stereocenters. The quantitative estimate of drug-likeness (QED) is 0.917. The predicted molar refractivity (Wildman–Crippen MR) is 76.9 cm³/mol. The smallest absolute Gasteiger partial charge is 0.162 e. The molecular formula is C14H21N5. The van der Waals surface area contributed by atoms with E-state index >= 15 is 0 Å². The molecule has 0 amide bonds. The lowest BCUT2D eigenvalue weighted by molar-refractivity contribution is 0.740. The van der Waals surface area contributed by atoms with Crippen molar-refractivity contribution in [3.8, 4) is 5.82 Å². The fourth-order valence-electron chi connectivity index (χ4n) is 1.87. The average molecular weight is 259 g/mol. The highest BCUT2D eigenvalue weighted by Crippen LogP contribution is 2.22. The van der Waals surface area contributed by atoms with Gasteiger partial charge in [-0.25, -0.2) is 14.6 Å². The third-order valence-electron chi connectivity index (χ3n) is 2.93. The first-order chi connectivity index (χ1) is 9.02. The molecule has 2 heterocycles. The fourth-order valence-corrected chi connectivity index (χ4v) is 1.87. The number of nitrogens with one attached hydrogen (secondary N) is 1. The highest BCUT2D eigenvalue weighted by Gasteiger charge is 2.14. The SMILES string of the molecule is CCNc1nc(C(C)C)nc(-n2cc(C)cn2)c1C. The van der Waals surface area contributed by atoms with Gasteiger partial charge in [-0.1, -0.05) is 13.8 Å². The van der Waals surface area contributed by atoms with E-state index in [9.17, 15) is 0 Å². The fraction of sp³-hybridized carbons (Fsp3) is 0.500. The molecule has 0 spiro atoms. The van der Waals surface area contributed by atoms with Crippen LogP contribution in [-0.2, 0) is 0 Å². The molecule has 0 bridgehead atoms. The van der Waals surface area contributed by atoms with Gasteiger partial charge in [-0.3, -0.25) is 0 Å². The van der Waals surface area contributed by atoms with E-state index in [4.69, 9.17) is 0 Å². The Kier molecular flexibility index (Phi) is 3.83. The van der Waals surface area contributed by atoms with Crippen LogP contribution in [0.15, 0.2) is 12.4 Å². The van der Waals surface area contributed by atoms with E-state index in [0.717, 1.165) is 35.1 Å². The lowest BCUT2D eigenvalue weighted by Gasteiger charge is -2.14. The summed E-state index contributed by atoms with van der Waals surface area (Å²) in [5.74, 6) is 2.87. The lowest BCUT2D eigenvalue weighted by atomic mass is 10.2. The molecule has 0 saturated carbocycles. The molecule has 0 radical (unpaired) electrons. The summed E-state index contributed by atoms with van der Waals surface area (Å²) in [5.41, 5.74) is 2.14. The number of hydrogen-bond acceptors (Lipinski definition) is 4. The van der Waals surface area contributed by atoms with Crippen LogP contribution in [0.1, 0.15) is 43.6 Å². The molecule has 0 aliphatic carbocycles. The minimum absolute atomic E-state index is 0.286. The van der Waals surface area contributed by atoms with E-state index < -0.39 is 0 Å². The van der Waals surface area contributed by atoms with Crippen molar-refractivity contribution in [2.45, 2.75) is 40.5 Å². The average Bonchev–Trinajstić information content (AvgIpc) is 2.78. The van der Waals surface area contributed by atoms with E-state index in [0.29, 0.717) is 0 Å². The molecule has 5 heteroatoms. The Bertz CT molecular complexity index is 571. The molecule has 5 nitrogen and oxygen atoms in total. The van der Waals surface area contributed by atoms with E-state index in [2.05, 4.69) is 41.2 Å². The van der Waals surface area contributed by atoms with E-state index in [1.807, 2.05) is 30.9 Å². The minimum atomic E-state index is 0.286. The minimum Gasteiger partial charge on any atom is -0.370 e. The van der Waals surface area contributed by atoms with Gasteiger partial charge in [0.25, 0.3) is 0 Å². The van der Waals surface area contributed by atoms with Gasteiger partial charge in [-0.2, -0.15) is 5.10 Å².